The number of aromatic nitrogens is 3. The van der Waals surface area contributed by atoms with Crippen molar-refractivity contribution in [2.75, 3.05) is 5.75 Å². The predicted octanol–water partition coefficient (Wildman–Crippen LogP) is 2.64. The number of rotatable bonds is 4. The van der Waals surface area contributed by atoms with Crippen molar-refractivity contribution in [3.63, 3.8) is 0 Å². The van der Waals surface area contributed by atoms with E-state index >= 15 is 0 Å². The minimum absolute atomic E-state index is 0.119. The van der Waals surface area contributed by atoms with Crippen LogP contribution in [0.3, 0.4) is 0 Å². The number of hydrogen-bond donors (Lipinski definition) is 2. The van der Waals surface area contributed by atoms with E-state index in [0.717, 1.165) is 5.69 Å². The van der Waals surface area contributed by atoms with Gasteiger partial charge in [0.05, 0.1) is 22.4 Å². The summed E-state index contributed by atoms with van der Waals surface area (Å²) >= 11 is 10.9. The van der Waals surface area contributed by atoms with Gasteiger partial charge in [-0.3, -0.25) is 0 Å². The van der Waals surface area contributed by atoms with E-state index in [0.29, 0.717) is 5.75 Å². The zero-order valence-electron chi connectivity index (χ0n) is 9.74. The molecule has 17 heavy (non-hydrogen) atoms. The lowest BCUT2D eigenvalue weighted by Gasteiger charge is -2.36. The minimum Gasteiger partial charge on any atom is -0.324 e. The highest BCUT2D eigenvalue weighted by Gasteiger charge is 2.39. The molecular formula is C11H15N3S3. The number of aryl methyl sites for hydroxylation is 1. The first-order valence-electron chi connectivity index (χ1n) is 5.31. The Bertz CT molecular complexity index is 478. The highest BCUT2D eigenvalue weighted by Crippen LogP contribution is 2.38. The summed E-state index contributed by atoms with van der Waals surface area (Å²) in [6.45, 7) is 4.11. The fourth-order valence-electron chi connectivity index (χ4n) is 2.02. The molecule has 0 N–H and O–H groups in total. The van der Waals surface area contributed by atoms with Crippen molar-refractivity contribution in [3.05, 3.63) is 34.8 Å². The van der Waals surface area contributed by atoms with Crippen LogP contribution in [-0.2, 0) is 5.54 Å². The normalized spacial score (nSPS) is 16.7. The molecule has 0 saturated heterocycles. The van der Waals surface area contributed by atoms with Crippen LogP contribution in [-0.4, -0.2) is 25.5 Å². The molecule has 92 valence electrons. The van der Waals surface area contributed by atoms with Crippen LogP contribution in [0.4, 0.5) is 0 Å². The van der Waals surface area contributed by atoms with Crippen molar-refractivity contribution >= 4 is 36.6 Å². The zero-order chi connectivity index (χ0) is 12.5. The van der Waals surface area contributed by atoms with Crippen LogP contribution in [0, 0.1) is 6.92 Å². The monoisotopic (exact) mass is 285 g/mol. The van der Waals surface area contributed by atoms with Crippen molar-refractivity contribution in [1.29, 1.82) is 0 Å². The number of thiazole rings is 1. The Labute approximate surface area is 116 Å². The van der Waals surface area contributed by atoms with Crippen molar-refractivity contribution in [2.45, 2.75) is 24.6 Å². The summed E-state index contributed by atoms with van der Waals surface area (Å²) < 4.78 is 2.08. The molecule has 2 heterocycles. The largest absolute Gasteiger partial charge is 0.324 e. The summed E-state index contributed by atoms with van der Waals surface area (Å²) in [4.78, 5) is 9.68. The molecule has 0 aliphatic carbocycles. The van der Waals surface area contributed by atoms with E-state index in [2.05, 4.69) is 46.7 Å². The number of thiol groups is 2. The van der Waals surface area contributed by atoms with Gasteiger partial charge in [-0.05, 0) is 6.92 Å². The third-order valence-electron chi connectivity index (χ3n) is 3.04. The highest BCUT2D eigenvalue weighted by atomic mass is 32.1. The molecule has 0 fully saturated rings. The molecule has 2 rings (SSSR count). The topological polar surface area (TPSA) is 30.7 Å². The molecule has 2 aromatic heterocycles. The van der Waals surface area contributed by atoms with E-state index in [1.54, 1.807) is 17.5 Å². The van der Waals surface area contributed by atoms with Gasteiger partial charge in [0, 0.05) is 23.4 Å². The molecule has 2 aromatic rings. The van der Waals surface area contributed by atoms with Crippen LogP contribution < -0.4 is 0 Å². The standard InChI is InChI=1S/C11H15N3S3/c1-8-10(17-7-13-8)11(5-15,9(2)16)14-4-3-12-6-14/h3-4,6-7,9,15-16H,5H2,1-2H3. The average Bonchev–Trinajstić information content (AvgIpc) is 2.93. The van der Waals surface area contributed by atoms with Gasteiger partial charge in [0.25, 0.3) is 0 Å². The molecule has 0 bridgehead atoms. The maximum absolute atomic E-state index is 4.66. The first-order valence-corrected chi connectivity index (χ1v) is 7.33. The molecule has 0 spiro atoms. The van der Waals surface area contributed by atoms with Crippen LogP contribution in [0.25, 0.3) is 0 Å². The molecule has 2 atom stereocenters. The van der Waals surface area contributed by atoms with Gasteiger partial charge in [-0.15, -0.1) is 11.3 Å². The Morgan fingerprint density at radius 1 is 1.59 bits per heavy atom. The molecule has 0 saturated carbocycles. The SMILES string of the molecule is Cc1ncsc1C(CS)(C(C)S)n1ccnc1. The summed E-state index contributed by atoms with van der Waals surface area (Å²) in [5.41, 5.74) is 2.63. The quantitative estimate of drug-likeness (QED) is 0.846. The van der Waals surface area contributed by atoms with Crippen LogP contribution in [0.15, 0.2) is 24.2 Å². The second kappa shape index (κ2) is 5.04. The molecule has 0 aliphatic rings. The Morgan fingerprint density at radius 2 is 2.35 bits per heavy atom. The highest BCUT2D eigenvalue weighted by molar-refractivity contribution is 7.81. The Balaban J connectivity index is 2.63. The van der Waals surface area contributed by atoms with Gasteiger partial charge in [-0.2, -0.15) is 25.3 Å². The maximum atomic E-state index is 4.66. The molecule has 0 aromatic carbocycles. The van der Waals surface area contributed by atoms with Gasteiger partial charge in [-0.25, -0.2) is 9.97 Å². The Hall–Kier alpha value is -0.460. The second-order valence-corrected chi connectivity index (χ2v) is 5.94. The lowest BCUT2D eigenvalue weighted by atomic mass is 9.94. The van der Waals surface area contributed by atoms with Crippen molar-refractivity contribution in [2.24, 2.45) is 0 Å². The van der Waals surface area contributed by atoms with Crippen LogP contribution >= 0.6 is 36.6 Å². The minimum atomic E-state index is -0.284. The van der Waals surface area contributed by atoms with Crippen LogP contribution in [0.5, 0.6) is 0 Å². The van der Waals surface area contributed by atoms with Gasteiger partial charge < -0.3 is 4.57 Å². The summed E-state index contributed by atoms with van der Waals surface area (Å²) in [6.07, 6.45) is 5.56. The molecular weight excluding hydrogens is 270 g/mol. The fourth-order valence-corrected chi connectivity index (χ4v) is 4.41. The van der Waals surface area contributed by atoms with Gasteiger partial charge in [0.1, 0.15) is 5.54 Å². The van der Waals surface area contributed by atoms with Gasteiger partial charge in [0.2, 0.25) is 0 Å². The Kier molecular flexibility index (Phi) is 3.85. The number of nitrogens with zero attached hydrogens (tertiary/aromatic N) is 3. The lowest BCUT2D eigenvalue weighted by molar-refractivity contribution is 0.406. The van der Waals surface area contributed by atoms with E-state index in [4.69, 9.17) is 0 Å². The molecule has 0 aliphatic heterocycles. The third-order valence-corrected chi connectivity index (χ3v) is 5.04. The van der Waals surface area contributed by atoms with E-state index in [1.807, 2.05) is 25.0 Å². The van der Waals surface area contributed by atoms with E-state index in [9.17, 15) is 0 Å². The van der Waals surface area contributed by atoms with Crippen LogP contribution in [0.2, 0.25) is 0 Å². The zero-order valence-corrected chi connectivity index (χ0v) is 12.3. The molecule has 6 heteroatoms. The van der Waals surface area contributed by atoms with Crippen LogP contribution in [0.1, 0.15) is 17.5 Å². The second-order valence-electron chi connectivity index (χ2n) is 4.00. The summed E-state index contributed by atoms with van der Waals surface area (Å²) in [6, 6.07) is 0. The molecule has 2 unspecified atom stereocenters. The molecule has 0 amide bonds. The van der Waals surface area contributed by atoms with Gasteiger partial charge in [0.15, 0.2) is 0 Å². The predicted molar refractivity (Wildman–Crippen MR) is 78.5 cm³/mol. The molecule has 0 radical (unpaired) electrons. The van der Waals surface area contributed by atoms with Gasteiger partial charge >= 0.3 is 0 Å². The number of imidazole rings is 1. The third kappa shape index (κ3) is 2.02. The first-order chi connectivity index (χ1) is 8.13. The summed E-state index contributed by atoms with van der Waals surface area (Å²) in [7, 11) is 0. The Morgan fingerprint density at radius 3 is 2.76 bits per heavy atom. The molecule has 3 nitrogen and oxygen atoms in total. The van der Waals surface area contributed by atoms with E-state index in [1.165, 1.54) is 4.88 Å². The van der Waals surface area contributed by atoms with E-state index in [-0.39, 0.29) is 10.8 Å². The van der Waals surface area contributed by atoms with Crippen molar-refractivity contribution in [3.8, 4) is 0 Å². The van der Waals surface area contributed by atoms with Gasteiger partial charge in [-0.1, -0.05) is 6.92 Å². The fraction of sp³-hybridized carbons (Fsp3) is 0.455. The summed E-state index contributed by atoms with van der Waals surface area (Å²) in [5, 5.41) is 0.119. The first kappa shape index (κ1) is 13.0. The van der Waals surface area contributed by atoms with Crippen molar-refractivity contribution in [1.82, 2.24) is 14.5 Å². The summed E-state index contributed by atoms with van der Waals surface area (Å²) in [5.74, 6) is 0.664. The van der Waals surface area contributed by atoms with Crippen molar-refractivity contribution < 1.29 is 0 Å². The number of hydrogen-bond acceptors (Lipinski definition) is 5. The van der Waals surface area contributed by atoms with E-state index < -0.39 is 0 Å². The lowest BCUT2D eigenvalue weighted by Crippen LogP contribution is -2.43. The maximum Gasteiger partial charge on any atom is 0.102 e. The smallest absolute Gasteiger partial charge is 0.102 e. The average molecular weight is 285 g/mol.